The van der Waals surface area contributed by atoms with E-state index in [-0.39, 0.29) is 5.97 Å². The molecule has 2 aromatic rings. The molecule has 0 radical (unpaired) electrons. The summed E-state index contributed by atoms with van der Waals surface area (Å²) in [6.45, 7) is 0. The highest BCUT2D eigenvalue weighted by Crippen LogP contribution is 2.20. The van der Waals surface area contributed by atoms with Crippen LogP contribution in [0.25, 0.3) is 11.3 Å². The highest BCUT2D eigenvalue weighted by atomic mass is 16.5. The maximum Gasteiger partial charge on any atom is 0.339 e. The molecular formula is C14H13NO3. The van der Waals surface area contributed by atoms with Crippen molar-refractivity contribution in [3.63, 3.8) is 0 Å². The van der Waals surface area contributed by atoms with E-state index in [1.54, 1.807) is 19.2 Å². The van der Waals surface area contributed by atoms with Gasteiger partial charge in [-0.1, -0.05) is 0 Å². The van der Waals surface area contributed by atoms with E-state index in [0.29, 0.717) is 5.56 Å². The number of esters is 1. The molecule has 0 N–H and O–H groups in total. The molecule has 0 spiro atoms. The first kappa shape index (κ1) is 12.1. The van der Waals surface area contributed by atoms with E-state index >= 15 is 0 Å². The van der Waals surface area contributed by atoms with E-state index in [1.165, 1.54) is 13.3 Å². The number of hydrogen-bond acceptors (Lipinski definition) is 4. The van der Waals surface area contributed by atoms with E-state index in [4.69, 9.17) is 4.74 Å². The van der Waals surface area contributed by atoms with Crippen molar-refractivity contribution in [1.82, 2.24) is 4.98 Å². The van der Waals surface area contributed by atoms with Crippen LogP contribution in [0.2, 0.25) is 0 Å². The molecule has 4 heteroatoms. The van der Waals surface area contributed by atoms with Gasteiger partial charge in [0.15, 0.2) is 0 Å². The van der Waals surface area contributed by atoms with Crippen molar-refractivity contribution >= 4 is 5.97 Å². The fraction of sp³-hybridized carbons (Fsp3) is 0.143. The van der Waals surface area contributed by atoms with Gasteiger partial charge < -0.3 is 9.47 Å². The second-order valence-corrected chi connectivity index (χ2v) is 3.65. The summed E-state index contributed by atoms with van der Waals surface area (Å²) in [5.74, 6) is 0.411. The number of hydrogen-bond donors (Lipinski definition) is 0. The third kappa shape index (κ3) is 2.48. The first-order valence-electron chi connectivity index (χ1n) is 5.43. The summed E-state index contributed by atoms with van der Waals surface area (Å²) < 4.78 is 9.71. The third-order valence-corrected chi connectivity index (χ3v) is 2.57. The zero-order valence-corrected chi connectivity index (χ0v) is 10.2. The first-order chi connectivity index (χ1) is 8.74. The Bertz CT molecular complexity index is 532. The van der Waals surface area contributed by atoms with Crippen LogP contribution in [0.4, 0.5) is 0 Å². The van der Waals surface area contributed by atoms with Crippen LogP contribution in [0.5, 0.6) is 5.75 Å². The number of carbonyl (C=O) groups excluding carboxylic acids is 1. The van der Waals surface area contributed by atoms with Gasteiger partial charge in [-0.05, 0) is 36.4 Å². The van der Waals surface area contributed by atoms with Gasteiger partial charge in [-0.25, -0.2) is 4.79 Å². The minimum absolute atomic E-state index is 0.385. The predicted octanol–water partition coefficient (Wildman–Crippen LogP) is 2.54. The molecule has 0 unspecified atom stereocenters. The fourth-order valence-electron chi connectivity index (χ4n) is 1.57. The maximum atomic E-state index is 11.3. The highest BCUT2D eigenvalue weighted by molar-refractivity contribution is 5.89. The van der Waals surface area contributed by atoms with Gasteiger partial charge in [0.25, 0.3) is 0 Å². The van der Waals surface area contributed by atoms with Gasteiger partial charge in [-0.3, -0.25) is 4.98 Å². The Morgan fingerprint density at radius 3 is 2.28 bits per heavy atom. The third-order valence-electron chi connectivity index (χ3n) is 2.57. The number of carbonyl (C=O) groups is 1. The lowest BCUT2D eigenvalue weighted by molar-refractivity contribution is 0.0600. The molecule has 0 aliphatic rings. The van der Waals surface area contributed by atoms with Crippen LogP contribution in [0, 0.1) is 0 Å². The highest BCUT2D eigenvalue weighted by Gasteiger charge is 2.06. The quantitative estimate of drug-likeness (QED) is 0.777. The van der Waals surface area contributed by atoms with Gasteiger partial charge in [-0.2, -0.15) is 0 Å². The van der Waals surface area contributed by atoms with Crippen LogP contribution in [-0.2, 0) is 4.74 Å². The summed E-state index contributed by atoms with van der Waals surface area (Å²) in [6.07, 6.45) is 1.51. The average Bonchev–Trinajstić information content (AvgIpc) is 2.47. The van der Waals surface area contributed by atoms with Crippen molar-refractivity contribution in [3.8, 4) is 17.0 Å². The number of aromatic nitrogens is 1. The molecule has 4 nitrogen and oxygen atoms in total. The Morgan fingerprint density at radius 1 is 1.06 bits per heavy atom. The van der Waals surface area contributed by atoms with Crippen LogP contribution < -0.4 is 4.74 Å². The van der Waals surface area contributed by atoms with Gasteiger partial charge in [0.05, 0.1) is 25.5 Å². The molecule has 0 bridgehead atoms. The average molecular weight is 243 g/mol. The number of rotatable bonds is 3. The fourth-order valence-corrected chi connectivity index (χ4v) is 1.57. The molecule has 0 saturated carbocycles. The maximum absolute atomic E-state index is 11.3. The summed E-state index contributed by atoms with van der Waals surface area (Å²) in [5, 5.41) is 0. The molecule has 1 heterocycles. The lowest BCUT2D eigenvalue weighted by Crippen LogP contribution is -2.01. The minimum atomic E-state index is -0.385. The molecule has 92 valence electrons. The molecular weight excluding hydrogens is 230 g/mol. The molecule has 2 rings (SSSR count). The Labute approximate surface area is 105 Å². The smallest absolute Gasteiger partial charge is 0.339 e. The van der Waals surface area contributed by atoms with Crippen molar-refractivity contribution in [1.29, 1.82) is 0 Å². The van der Waals surface area contributed by atoms with Crippen LogP contribution >= 0.6 is 0 Å². The Balaban J connectivity index is 2.25. The molecule has 0 saturated heterocycles. The normalized spacial score (nSPS) is 9.89. The summed E-state index contributed by atoms with van der Waals surface area (Å²) in [5.41, 5.74) is 2.20. The molecule has 1 aromatic heterocycles. The van der Waals surface area contributed by atoms with E-state index in [0.717, 1.165) is 17.0 Å². The number of benzene rings is 1. The summed E-state index contributed by atoms with van der Waals surface area (Å²) in [6, 6.07) is 11.0. The van der Waals surface area contributed by atoms with Gasteiger partial charge in [0.1, 0.15) is 5.75 Å². The minimum Gasteiger partial charge on any atom is -0.497 e. The standard InChI is InChI=1S/C14H13NO3/c1-17-12-6-3-10(4-7-12)13-8-5-11(9-15-13)14(16)18-2/h3-9H,1-2H3. The predicted molar refractivity (Wildman–Crippen MR) is 67.6 cm³/mol. The Hall–Kier alpha value is -2.36. The Kier molecular flexibility index (Phi) is 3.57. The topological polar surface area (TPSA) is 48.4 Å². The number of methoxy groups -OCH3 is 2. The van der Waals surface area contributed by atoms with Crippen LogP contribution in [0.3, 0.4) is 0 Å². The second-order valence-electron chi connectivity index (χ2n) is 3.65. The SMILES string of the molecule is COC(=O)c1ccc(-c2ccc(OC)cc2)nc1. The van der Waals surface area contributed by atoms with E-state index in [2.05, 4.69) is 9.72 Å². The zero-order chi connectivity index (χ0) is 13.0. The van der Waals surface area contributed by atoms with Gasteiger partial charge >= 0.3 is 5.97 Å². The number of ether oxygens (including phenoxy) is 2. The van der Waals surface area contributed by atoms with Crippen LogP contribution in [0.15, 0.2) is 42.6 Å². The van der Waals surface area contributed by atoms with Crippen molar-refractivity contribution in [2.75, 3.05) is 14.2 Å². The van der Waals surface area contributed by atoms with E-state index in [1.807, 2.05) is 24.3 Å². The number of pyridine rings is 1. The molecule has 0 fully saturated rings. The summed E-state index contributed by atoms with van der Waals surface area (Å²) in [4.78, 5) is 15.5. The number of nitrogens with zero attached hydrogens (tertiary/aromatic N) is 1. The summed E-state index contributed by atoms with van der Waals surface area (Å²) >= 11 is 0. The molecule has 18 heavy (non-hydrogen) atoms. The molecule has 0 atom stereocenters. The lowest BCUT2D eigenvalue weighted by Gasteiger charge is -2.04. The monoisotopic (exact) mass is 243 g/mol. The van der Waals surface area contributed by atoms with E-state index < -0.39 is 0 Å². The van der Waals surface area contributed by atoms with Gasteiger partial charge in [-0.15, -0.1) is 0 Å². The zero-order valence-electron chi connectivity index (χ0n) is 10.2. The van der Waals surface area contributed by atoms with Crippen molar-refractivity contribution in [3.05, 3.63) is 48.2 Å². The molecule has 0 amide bonds. The summed E-state index contributed by atoms with van der Waals surface area (Å²) in [7, 11) is 2.97. The largest absolute Gasteiger partial charge is 0.497 e. The van der Waals surface area contributed by atoms with Crippen molar-refractivity contribution in [2.24, 2.45) is 0 Å². The van der Waals surface area contributed by atoms with Crippen molar-refractivity contribution < 1.29 is 14.3 Å². The van der Waals surface area contributed by atoms with E-state index in [9.17, 15) is 4.79 Å². The van der Waals surface area contributed by atoms with Crippen LogP contribution in [-0.4, -0.2) is 25.2 Å². The molecule has 1 aromatic carbocycles. The first-order valence-corrected chi connectivity index (χ1v) is 5.43. The van der Waals surface area contributed by atoms with Gasteiger partial charge in [0.2, 0.25) is 0 Å². The second kappa shape index (κ2) is 5.31. The van der Waals surface area contributed by atoms with Crippen LogP contribution in [0.1, 0.15) is 10.4 Å². The molecule has 0 aliphatic carbocycles. The lowest BCUT2D eigenvalue weighted by atomic mass is 10.1. The van der Waals surface area contributed by atoms with Crippen molar-refractivity contribution in [2.45, 2.75) is 0 Å². The van der Waals surface area contributed by atoms with Gasteiger partial charge in [0, 0.05) is 11.8 Å². The Morgan fingerprint density at radius 2 is 1.78 bits per heavy atom. The molecule has 0 aliphatic heterocycles.